The van der Waals surface area contributed by atoms with Gasteiger partial charge in [-0.2, -0.15) is 0 Å². The number of rotatable bonds is 4. The Morgan fingerprint density at radius 1 is 1.33 bits per heavy atom. The van der Waals surface area contributed by atoms with Gasteiger partial charge in [-0.05, 0) is 42.5 Å². The zero-order valence-electron chi connectivity index (χ0n) is 12.3. The minimum Gasteiger partial charge on any atom is -0.420 e. The molecule has 4 rings (SSSR count). The summed E-state index contributed by atoms with van der Waals surface area (Å²) in [6.45, 7) is 0. The number of nitrogens with zero attached hydrogens (tertiary/aromatic N) is 2. The van der Waals surface area contributed by atoms with Crippen molar-refractivity contribution in [2.24, 2.45) is 0 Å². The first-order valence-corrected chi connectivity index (χ1v) is 8.55. The van der Waals surface area contributed by atoms with Gasteiger partial charge in [-0.25, -0.2) is 4.39 Å². The SMILES string of the molecule is O=C(Nc1ccsc1-c1nnc(C2CC2)o1)c1cc(F)ccc1Cl. The third-order valence-corrected chi connectivity index (χ3v) is 4.88. The first-order valence-electron chi connectivity index (χ1n) is 7.29. The maximum atomic E-state index is 13.3. The highest BCUT2D eigenvalue weighted by Crippen LogP contribution is 2.41. The molecule has 0 unspecified atom stereocenters. The molecule has 0 radical (unpaired) electrons. The molecule has 24 heavy (non-hydrogen) atoms. The molecule has 0 saturated heterocycles. The highest BCUT2D eigenvalue weighted by molar-refractivity contribution is 7.14. The highest BCUT2D eigenvalue weighted by Gasteiger charge is 2.30. The predicted octanol–water partition coefficient (Wildman–Crippen LogP) is 4.72. The molecule has 1 saturated carbocycles. The van der Waals surface area contributed by atoms with E-state index in [1.54, 1.807) is 11.4 Å². The topological polar surface area (TPSA) is 68.0 Å². The van der Waals surface area contributed by atoms with Gasteiger partial charge in [-0.3, -0.25) is 4.79 Å². The van der Waals surface area contributed by atoms with Crippen LogP contribution in [0.25, 0.3) is 10.8 Å². The molecule has 8 heteroatoms. The van der Waals surface area contributed by atoms with Gasteiger partial charge in [-0.1, -0.05) is 11.6 Å². The first-order chi connectivity index (χ1) is 11.6. The Labute approximate surface area is 145 Å². The Morgan fingerprint density at radius 2 is 2.17 bits per heavy atom. The maximum absolute atomic E-state index is 13.3. The summed E-state index contributed by atoms with van der Waals surface area (Å²) in [4.78, 5) is 13.0. The van der Waals surface area contributed by atoms with Crippen LogP contribution in [0.3, 0.4) is 0 Å². The summed E-state index contributed by atoms with van der Waals surface area (Å²) in [6, 6.07) is 5.38. The van der Waals surface area contributed by atoms with Crippen LogP contribution in [-0.2, 0) is 0 Å². The van der Waals surface area contributed by atoms with E-state index in [4.69, 9.17) is 16.0 Å². The molecule has 0 bridgehead atoms. The second-order valence-corrected chi connectivity index (χ2v) is 6.78. The van der Waals surface area contributed by atoms with E-state index in [1.165, 1.54) is 23.5 Å². The van der Waals surface area contributed by atoms with Crippen LogP contribution in [0.5, 0.6) is 0 Å². The monoisotopic (exact) mass is 363 g/mol. The Balaban J connectivity index is 1.60. The Hall–Kier alpha value is -2.25. The van der Waals surface area contributed by atoms with Crippen molar-refractivity contribution < 1.29 is 13.6 Å². The molecule has 2 aromatic heterocycles. The molecule has 3 aromatic rings. The van der Waals surface area contributed by atoms with E-state index in [9.17, 15) is 9.18 Å². The van der Waals surface area contributed by atoms with Crippen molar-refractivity contribution in [1.29, 1.82) is 0 Å². The lowest BCUT2D eigenvalue weighted by Gasteiger charge is -2.06. The fourth-order valence-corrected chi connectivity index (χ4v) is 3.23. The minimum atomic E-state index is -0.527. The number of halogens is 2. The molecular formula is C16H11ClFN3O2S. The number of carbonyl (C=O) groups excluding carboxylic acids is 1. The molecule has 0 atom stereocenters. The van der Waals surface area contributed by atoms with Crippen LogP contribution in [0, 0.1) is 5.82 Å². The number of hydrogen-bond donors (Lipinski definition) is 1. The van der Waals surface area contributed by atoms with Crippen LogP contribution in [0.15, 0.2) is 34.1 Å². The molecule has 2 heterocycles. The standard InChI is InChI=1S/C16H11ClFN3O2S/c17-11-4-3-9(18)7-10(11)14(22)19-12-5-6-24-13(12)16-21-20-15(23-16)8-1-2-8/h3-8H,1-2H2,(H,19,22). The molecule has 1 aromatic carbocycles. The number of benzene rings is 1. The quantitative estimate of drug-likeness (QED) is 0.728. The first kappa shape index (κ1) is 15.3. The fourth-order valence-electron chi connectivity index (χ4n) is 2.26. The third-order valence-electron chi connectivity index (χ3n) is 3.65. The molecule has 1 aliphatic rings. The second kappa shape index (κ2) is 5.99. The van der Waals surface area contributed by atoms with Gasteiger partial charge in [0.25, 0.3) is 11.8 Å². The summed E-state index contributed by atoms with van der Waals surface area (Å²) in [6.07, 6.45) is 2.13. The van der Waals surface area contributed by atoms with Crippen LogP contribution in [0.2, 0.25) is 5.02 Å². The number of carbonyl (C=O) groups is 1. The smallest absolute Gasteiger partial charge is 0.259 e. The molecule has 1 amide bonds. The van der Waals surface area contributed by atoms with E-state index in [0.717, 1.165) is 18.9 Å². The lowest BCUT2D eigenvalue weighted by Crippen LogP contribution is -2.12. The van der Waals surface area contributed by atoms with E-state index >= 15 is 0 Å². The largest absolute Gasteiger partial charge is 0.420 e. The molecule has 122 valence electrons. The van der Waals surface area contributed by atoms with Gasteiger partial charge in [0.05, 0.1) is 16.3 Å². The maximum Gasteiger partial charge on any atom is 0.259 e. The molecule has 1 fully saturated rings. The van der Waals surface area contributed by atoms with Gasteiger partial charge in [0, 0.05) is 5.92 Å². The van der Waals surface area contributed by atoms with E-state index in [0.29, 0.717) is 28.3 Å². The Bertz CT molecular complexity index is 920. The second-order valence-electron chi connectivity index (χ2n) is 5.46. The van der Waals surface area contributed by atoms with Gasteiger partial charge in [0.15, 0.2) is 0 Å². The fraction of sp³-hybridized carbons (Fsp3) is 0.188. The molecule has 0 spiro atoms. The molecular weight excluding hydrogens is 353 g/mol. The van der Waals surface area contributed by atoms with E-state index in [-0.39, 0.29) is 10.6 Å². The average Bonchev–Trinajstić information content (AvgIpc) is 3.12. The van der Waals surface area contributed by atoms with Crippen molar-refractivity contribution in [2.45, 2.75) is 18.8 Å². The number of nitrogens with one attached hydrogen (secondary N) is 1. The van der Waals surface area contributed by atoms with Gasteiger partial charge in [0.1, 0.15) is 10.7 Å². The van der Waals surface area contributed by atoms with Crippen LogP contribution >= 0.6 is 22.9 Å². The predicted molar refractivity (Wildman–Crippen MR) is 88.9 cm³/mol. The van der Waals surface area contributed by atoms with Gasteiger partial charge >= 0.3 is 0 Å². The Kier molecular flexibility index (Phi) is 3.82. The molecule has 0 aliphatic heterocycles. The van der Waals surface area contributed by atoms with Crippen molar-refractivity contribution >= 4 is 34.5 Å². The summed E-state index contributed by atoms with van der Waals surface area (Å²) < 4.78 is 19.0. The lowest BCUT2D eigenvalue weighted by atomic mass is 10.2. The van der Waals surface area contributed by atoms with Crippen molar-refractivity contribution in [1.82, 2.24) is 10.2 Å². The molecule has 1 aliphatic carbocycles. The number of aromatic nitrogens is 2. The van der Waals surface area contributed by atoms with Gasteiger partial charge < -0.3 is 9.73 Å². The number of amides is 1. The molecule has 1 N–H and O–H groups in total. The summed E-state index contributed by atoms with van der Waals surface area (Å²) in [7, 11) is 0. The van der Waals surface area contributed by atoms with Gasteiger partial charge in [-0.15, -0.1) is 21.5 Å². The van der Waals surface area contributed by atoms with Crippen molar-refractivity contribution in [3.63, 3.8) is 0 Å². The van der Waals surface area contributed by atoms with E-state index < -0.39 is 11.7 Å². The number of hydrogen-bond acceptors (Lipinski definition) is 5. The number of thiophene rings is 1. The van der Waals surface area contributed by atoms with Crippen LogP contribution in [0.4, 0.5) is 10.1 Å². The molecule has 5 nitrogen and oxygen atoms in total. The minimum absolute atomic E-state index is 0.0676. The lowest BCUT2D eigenvalue weighted by molar-refractivity contribution is 0.102. The van der Waals surface area contributed by atoms with Crippen LogP contribution < -0.4 is 5.32 Å². The number of anilines is 1. The summed E-state index contributed by atoms with van der Waals surface area (Å²) in [5.74, 6) is 0.328. The van der Waals surface area contributed by atoms with Crippen LogP contribution in [-0.4, -0.2) is 16.1 Å². The summed E-state index contributed by atoms with van der Waals surface area (Å²) in [5.41, 5.74) is 0.592. The van der Waals surface area contributed by atoms with E-state index in [1.807, 2.05) is 0 Å². The average molecular weight is 364 g/mol. The van der Waals surface area contributed by atoms with Crippen LogP contribution in [0.1, 0.15) is 35.0 Å². The zero-order valence-corrected chi connectivity index (χ0v) is 13.8. The third kappa shape index (κ3) is 2.92. The highest BCUT2D eigenvalue weighted by atomic mass is 35.5. The van der Waals surface area contributed by atoms with Crippen molar-refractivity contribution in [3.05, 3.63) is 51.9 Å². The summed E-state index contributed by atoms with van der Waals surface area (Å²) in [5, 5.41) is 12.8. The van der Waals surface area contributed by atoms with E-state index in [2.05, 4.69) is 15.5 Å². The van der Waals surface area contributed by atoms with Crippen molar-refractivity contribution in [2.75, 3.05) is 5.32 Å². The van der Waals surface area contributed by atoms with Crippen molar-refractivity contribution in [3.8, 4) is 10.8 Å². The zero-order chi connectivity index (χ0) is 16.7. The van der Waals surface area contributed by atoms with Gasteiger partial charge in [0.2, 0.25) is 5.89 Å². The summed E-state index contributed by atoms with van der Waals surface area (Å²) >= 11 is 7.34. The Morgan fingerprint density at radius 3 is 2.96 bits per heavy atom. The normalized spacial score (nSPS) is 13.9.